The van der Waals surface area contributed by atoms with E-state index >= 15 is 0 Å². The molecule has 0 spiro atoms. The number of rotatable bonds is 3. The van der Waals surface area contributed by atoms with Crippen molar-refractivity contribution in [2.24, 2.45) is 10.7 Å². The van der Waals surface area contributed by atoms with Crippen molar-refractivity contribution < 1.29 is 31.5 Å². The largest absolute Gasteiger partial charge is 0.449 e. The Bertz CT molecular complexity index is 1080. The summed E-state index contributed by atoms with van der Waals surface area (Å²) in [6.07, 6.45) is -9.72. The molecule has 3 atom stereocenters. The van der Waals surface area contributed by atoms with Gasteiger partial charge in [-0.05, 0) is 37.3 Å². The molecule has 3 N–H and O–H groups in total. The van der Waals surface area contributed by atoms with Gasteiger partial charge in [-0.1, -0.05) is 0 Å². The van der Waals surface area contributed by atoms with E-state index in [1.165, 1.54) is 12.1 Å². The van der Waals surface area contributed by atoms with E-state index in [4.69, 9.17) is 11.0 Å². The first-order valence-electron chi connectivity index (χ1n) is 8.66. The van der Waals surface area contributed by atoms with Crippen LogP contribution in [0.15, 0.2) is 41.5 Å². The first kappa shape index (κ1) is 21.9. The number of hydrogen-bond donors (Lipinski definition) is 2. The summed E-state index contributed by atoms with van der Waals surface area (Å²) in [6, 6.07) is 6.44. The van der Waals surface area contributed by atoms with Gasteiger partial charge >= 0.3 is 6.18 Å². The average molecular weight is 439 g/mol. The van der Waals surface area contributed by atoms with E-state index in [1.54, 1.807) is 0 Å². The van der Waals surface area contributed by atoms with Crippen LogP contribution in [-0.4, -0.2) is 35.4 Å². The number of ether oxygens (including phenoxy) is 1. The van der Waals surface area contributed by atoms with E-state index in [-0.39, 0.29) is 16.9 Å². The molecule has 7 nitrogen and oxygen atoms in total. The summed E-state index contributed by atoms with van der Waals surface area (Å²) in [5, 5.41) is 11.1. The van der Waals surface area contributed by atoms with Gasteiger partial charge in [0.15, 0.2) is 6.17 Å². The normalized spacial score (nSPS) is 23.3. The third-order valence-corrected chi connectivity index (χ3v) is 4.61. The second kappa shape index (κ2) is 7.82. The Hall–Kier alpha value is -3.75. The summed E-state index contributed by atoms with van der Waals surface area (Å²) in [6.45, 7) is 0.942. The number of aliphatic imine (C=N–C) groups is 1. The quantitative estimate of drug-likeness (QED) is 0.714. The molecule has 3 unspecified atom stereocenters. The lowest BCUT2D eigenvalue weighted by Crippen LogP contribution is -2.55. The predicted octanol–water partition coefficient (Wildman–Crippen LogP) is 3.17. The van der Waals surface area contributed by atoms with E-state index < -0.39 is 47.3 Å². The van der Waals surface area contributed by atoms with E-state index in [0.717, 1.165) is 31.3 Å². The predicted molar refractivity (Wildman–Crippen MR) is 98.1 cm³/mol. The lowest BCUT2D eigenvalue weighted by Gasteiger charge is -2.39. The summed E-state index contributed by atoms with van der Waals surface area (Å²) in [4.78, 5) is 19.7. The Morgan fingerprint density at radius 3 is 2.61 bits per heavy atom. The number of nitrogens with two attached hydrogens (primary N) is 1. The molecule has 2 aromatic rings. The van der Waals surface area contributed by atoms with Gasteiger partial charge in [-0.25, -0.2) is 18.8 Å². The average Bonchev–Trinajstić information content (AvgIpc) is 2.71. The van der Waals surface area contributed by atoms with Crippen molar-refractivity contribution >= 4 is 17.6 Å². The van der Waals surface area contributed by atoms with Crippen LogP contribution in [0.2, 0.25) is 0 Å². The molecule has 1 aromatic heterocycles. The van der Waals surface area contributed by atoms with Gasteiger partial charge in [0.1, 0.15) is 23.1 Å². The van der Waals surface area contributed by atoms with Gasteiger partial charge in [0.05, 0.1) is 5.56 Å². The van der Waals surface area contributed by atoms with Crippen molar-refractivity contribution in [3.8, 4) is 6.07 Å². The maximum absolute atomic E-state index is 14.9. The van der Waals surface area contributed by atoms with Crippen LogP contribution in [0.25, 0.3) is 0 Å². The number of carbonyl (C=O) groups excluding carboxylic acids is 1. The van der Waals surface area contributed by atoms with Gasteiger partial charge in [0.2, 0.25) is 6.10 Å². The van der Waals surface area contributed by atoms with Crippen LogP contribution in [0.1, 0.15) is 28.5 Å². The molecule has 0 radical (unpaired) electrons. The molecule has 2 heterocycles. The monoisotopic (exact) mass is 439 g/mol. The molecule has 1 aliphatic rings. The zero-order chi connectivity index (χ0) is 23.0. The molecule has 0 saturated heterocycles. The molecule has 12 heteroatoms. The zero-order valence-corrected chi connectivity index (χ0v) is 15.7. The fraction of sp³-hybridized carbons (Fsp3) is 0.263. The van der Waals surface area contributed by atoms with Crippen LogP contribution in [0.5, 0.6) is 0 Å². The van der Waals surface area contributed by atoms with E-state index in [0.29, 0.717) is 0 Å². The molecule has 0 aliphatic carbocycles. The minimum atomic E-state index is -5.12. The van der Waals surface area contributed by atoms with Gasteiger partial charge in [-0.2, -0.15) is 18.4 Å². The third-order valence-electron chi connectivity index (χ3n) is 4.61. The maximum atomic E-state index is 14.9. The first-order valence-corrected chi connectivity index (χ1v) is 8.66. The van der Waals surface area contributed by atoms with Crippen molar-refractivity contribution in [1.82, 2.24) is 4.98 Å². The summed E-state index contributed by atoms with van der Waals surface area (Å²) < 4.78 is 73.2. The van der Waals surface area contributed by atoms with Crippen molar-refractivity contribution in [3.63, 3.8) is 0 Å². The molecule has 1 amide bonds. The highest BCUT2D eigenvalue weighted by atomic mass is 19.4. The summed E-state index contributed by atoms with van der Waals surface area (Å²) in [5.41, 5.74) is 2.45. The molecule has 0 fully saturated rings. The van der Waals surface area contributed by atoms with Gasteiger partial charge in [0, 0.05) is 17.4 Å². The lowest BCUT2D eigenvalue weighted by molar-refractivity contribution is -0.227. The van der Waals surface area contributed by atoms with Gasteiger partial charge in [0.25, 0.3) is 11.9 Å². The Labute approximate surface area is 172 Å². The molecular weight excluding hydrogens is 425 g/mol. The van der Waals surface area contributed by atoms with E-state index in [2.05, 4.69) is 20.0 Å². The SMILES string of the molecule is CC1(c2cc(NC(=O)c3ccc(C#N)cn3)ccc2F)N=C(N)OC(C(F)(F)F)C1F. The molecule has 162 valence electrons. The highest BCUT2D eigenvalue weighted by Crippen LogP contribution is 2.43. The molecule has 31 heavy (non-hydrogen) atoms. The van der Waals surface area contributed by atoms with Crippen molar-refractivity contribution in [1.29, 1.82) is 5.26 Å². The lowest BCUT2D eigenvalue weighted by atomic mass is 9.83. The van der Waals surface area contributed by atoms with Crippen LogP contribution in [0, 0.1) is 17.1 Å². The second-order valence-corrected chi connectivity index (χ2v) is 6.77. The number of aromatic nitrogens is 1. The van der Waals surface area contributed by atoms with Crippen molar-refractivity contribution in [2.75, 3.05) is 5.32 Å². The Morgan fingerprint density at radius 2 is 2.03 bits per heavy atom. The van der Waals surface area contributed by atoms with Gasteiger partial charge in [-0.15, -0.1) is 0 Å². The number of nitrogens with one attached hydrogen (secondary N) is 1. The highest BCUT2D eigenvalue weighted by Gasteiger charge is 2.58. The highest BCUT2D eigenvalue weighted by molar-refractivity contribution is 6.02. The number of amidine groups is 1. The number of carbonyl (C=O) groups is 1. The number of benzene rings is 1. The molecular formula is C19H14F5N5O2. The number of nitriles is 1. The molecule has 1 aliphatic heterocycles. The maximum Gasteiger partial charge on any atom is 0.428 e. The zero-order valence-electron chi connectivity index (χ0n) is 15.7. The minimum Gasteiger partial charge on any atom is -0.449 e. The van der Waals surface area contributed by atoms with Crippen LogP contribution in [-0.2, 0) is 10.3 Å². The standard InChI is InChI=1S/C19H14F5N5O2/c1-18(14(21)15(19(22,23)24)31-17(26)29-18)11-6-10(3-4-12(11)20)28-16(30)13-5-2-9(7-25)8-27-13/h2-6,8,14-15H,1H3,(H2,26,29)(H,28,30). The van der Waals surface area contributed by atoms with Crippen molar-refractivity contribution in [3.05, 3.63) is 59.2 Å². The van der Waals surface area contributed by atoms with Gasteiger partial charge in [-0.3, -0.25) is 4.79 Å². The smallest absolute Gasteiger partial charge is 0.428 e. The van der Waals surface area contributed by atoms with Crippen molar-refractivity contribution in [2.45, 2.75) is 30.9 Å². The minimum absolute atomic E-state index is 0.0511. The van der Waals surface area contributed by atoms with Gasteiger partial charge < -0.3 is 15.8 Å². The van der Waals surface area contributed by atoms with Crippen LogP contribution >= 0.6 is 0 Å². The fourth-order valence-corrected chi connectivity index (χ4v) is 3.02. The Morgan fingerprint density at radius 1 is 1.32 bits per heavy atom. The number of pyridine rings is 1. The summed E-state index contributed by atoms with van der Waals surface area (Å²) in [7, 11) is 0. The van der Waals surface area contributed by atoms with Crippen LogP contribution in [0.3, 0.4) is 0 Å². The fourth-order valence-electron chi connectivity index (χ4n) is 3.02. The van der Waals surface area contributed by atoms with E-state index in [1.807, 2.05) is 6.07 Å². The number of amides is 1. The van der Waals surface area contributed by atoms with E-state index in [9.17, 15) is 26.7 Å². The number of hydrogen-bond acceptors (Lipinski definition) is 6. The summed E-state index contributed by atoms with van der Waals surface area (Å²) in [5.74, 6) is -1.80. The third kappa shape index (κ3) is 4.25. The number of nitrogens with zero attached hydrogens (tertiary/aromatic N) is 3. The molecule has 0 bridgehead atoms. The summed E-state index contributed by atoms with van der Waals surface area (Å²) >= 11 is 0. The Kier molecular flexibility index (Phi) is 5.54. The molecule has 0 saturated carbocycles. The number of halogens is 5. The van der Waals surface area contributed by atoms with Crippen LogP contribution < -0.4 is 11.1 Å². The number of anilines is 1. The topological polar surface area (TPSA) is 113 Å². The Balaban J connectivity index is 1.95. The second-order valence-electron chi connectivity index (χ2n) is 6.77. The number of alkyl halides is 4. The van der Waals surface area contributed by atoms with Crippen LogP contribution in [0.4, 0.5) is 27.6 Å². The molecule has 3 rings (SSSR count). The molecule has 1 aromatic carbocycles. The first-order chi connectivity index (χ1) is 14.5.